The van der Waals surface area contributed by atoms with E-state index in [9.17, 15) is 4.79 Å². The van der Waals surface area contributed by atoms with E-state index in [2.05, 4.69) is 15.1 Å². The standard InChI is InChI=1S/C14H18N4O3S/c1-9-15-13(21-17-9)10-4-3-5-18(6-10)14(19)11-8-22-12(16-11)7-20-2/h8,10H,3-7H2,1-2H3/t10-/m0/s1. The fraction of sp³-hybridized carbons (Fsp3) is 0.571. The van der Waals surface area contributed by atoms with Crippen molar-refractivity contribution < 1.29 is 14.1 Å². The van der Waals surface area contributed by atoms with Crippen LogP contribution < -0.4 is 0 Å². The quantitative estimate of drug-likeness (QED) is 0.856. The number of aryl methyl sites for hydroxylation is 1. The van der Waals surface area contributed by atoms with E-state index in [0.717, 1.165) is 24.4 Å². The molecule has 1 aliphatic heterocycles. The molecular weight excluding hydrogens is 304 g/mol. The third-order valence-electron chi connectivity index (χ3n) is 3.64. The second-order valence-corrected chi connectivity index (χ2v) is 6.27. The van der Waals surface area contributed by atoms with E-state index in [0.29, 0.717) is 30.6 Å². The highest BCUT2D eigenvalue weighted by Gasteiger charge is 2.29. The van der Waals surface area contributed by atoms with Gasteiger partial charge in [0.15, 0.2) is 5.82 Å². The first-order chi connectivity index (χ1) is 10.7. The van der Waals surface area contributed by atoms with Gasteiger partial charge in [0, 0.05) is 25.6 Å². The Bertz CT molecular complexity index is 654. The Labute approximate surface area is 132 Å². The predicted octanol–water partition coefficient (Wildman–Crippen LogP) is 2.00. The number of aromatic nitrogens is 3. The minimum absolute atomic E-state index is 0.0421. The molecule has 0 N–H and O–H groups in total. The SMILES string of the molecule is COCc1nc(C(=O)N2CCC[C@H](c3nc(C)no3)C2)cs1. The molecule has 1 amide bonds. The molecule has 8 heteroatoms. The Morgan fingerprint density at radius 1 is 1.55 bits per heavy atom. The Balaban J connectivity index is 1.69. The number of nitrogens with zero attached hydrogens (tertiary/aromatic N) is 4. The van der Waals surface area contributed by atoms with Crippen molar-refractivity contribution in [3.63, 3.8) is 0 Å². The molecule has 0 bridgehead atoms. The largest absolute Gasteiger partial charge is 0.378 e. The van der Waals surface area contributed by atoms with Crippen molar-refractivity contribution in [3.05, 3.63) is 27.8 Å². The minimum Gasteiger partial charge on any atom is -0.378 e. The monoisotopic (exact) mass is 322 g/mol. The number of thiazole rings is 1. The van der Waals surface area contributed by atoms with Crippen LogP contribution in [0.15, 0.2) is 9.90 Å². The molecule has 0 spiro atoms. The number of methoxy groups -OCH3 is 1. The van der Waals surface area contributed by atoms with Gasteiger partial charge in [0.1, 0.15) is 10.7 Å². The number of ether oxygens (including phenoxy) is 1. The minimum atomic E-state index is -0.0421. The molecule has 22 heavy (non-hydrogen) atoms. The van der Waals surface area contributed by atoms with Gasteiger partial charge in [-0.3, -0.25) is 4.79 Å². The molecular formula is C14H18N4O3S. The Morgan fingerprint density at radius 2 is 2.41 bits per heavy atom. The van der Waals surface area contributed by atoms with Crippen molar-refractivity contribution in [2.75, 3.05) is 20.2 Å². The molecule has 0 saturated carbocycles. The van der Waals surface area contributed by atoms with E-state index in [1.165, 1.54) is 11.3 Å². The van der Waals surface area contributed by atoms with Crippen LogP contribution in [0, 0.1) is 6.92 Å². The first kappa shape index (κ1) is 15.1. The highest BCUT2D eigenvalue weighted by molar-refractivity contribution is 7.09. The fourth-order valence-corrected chi connectivity index (χ4v) is 3.34. The molecule has 1 aliphatic rings. The Kier molecular flexibility index (Phi) is 4.49. The van der Waals surface area contributed by atoms with Gasteiger partial charge in [-0.15, -0.1) is 11.3 Å². The van der Waals surface area contributed by atoms with E-state index < -0.39 is 0 Å². The van der Waals surface area contributed by atoms with Crippen LogP contribution in [0.4, 0.5) is 0 Å². The summed E-state index contributed by atoms with van der Waals surface area (Å²) in [5.74, 6) is 1.31. The van der Waals surface area contributed by atoms with Gasteiger partial charge in [-0.2, -0.15) is 4.98 Å². The van der Waals surface area contributed by atoms with Crippen molar-refractivity contribution >= 4 is 17.2 Å². The smallest absolute Gasteiger partial charge is 0.273 e. The highest BCUT2D eigenvalue weighted by atomic mass is 32.1. The summed E-state index contributed by atoms with van der Waals surface area (Å²) in [5.41, 5.74) is 0.486. The number of piperidine rings is 1. The number of amides is 1. The first-order valence-corrected chi connectivity index (χ1v) is 8.08. The fourth-order valence-electron chi connectivity index (χ4n) is 2.60. The van der Waals surface area contributed by atoms with Gasteiger partial charge in [-0.05, 0) is 19.8 Å². The molecule has 1 saturated heterocycles. The third-order valence-corrected chi connectivity index (χ3v) is 4.46. The summed E-state index contributed by atoms with van der Waals surface area (Å²) in [5, 5.41) is 6.43. The summed E-state index contributed by atoms with van der Waals surface area (Å²) in [6.45, 7) is 3.56. The van der Waals surface area contributed by atoms with E-state index in [1.807, 2.05) is 4.90 Å². The molecule has 0 aliphatic carbocycles. The lowest BCUT2D eigenvalue weighted by Gasteiger charge is -2.30. The second-order valence-electron chi connectivity index (χ2n) is 5.33. The summed E-state index contributed by atoms with van der Waals surface area (Å²) in [7, 11) is 1.62. The molecule has 1 atom stereocenters. The van der Waals surface area contributed by atoms with Crippen molar-refractivity contribution in [2.24, 2.45) is 0 Å². The Hall–Kier alpha value is -1.80. The van der Waals surface area contributed by atoms with Crippen LogP contribution in [0.1, 0.15) is 46.0 Å². The predicted molar refractivity (Wildman–Crippen MR) is 79.7 cm³/mol. The van der Waals surface area contributed by atoms with E-state index >= 15 is 0 Å². The second kappa shape index (κ2) is 6.53. The van der Waals surface area contributed by atoms with Gasteiger partial charge < -0.3 is 14.2 Å². The lowest BCUT2D eigenvalue weighted by atomic mass is 9.98. The lowest BCUT2D eigenvalue weighted by molar-refractivity contribution is 0.0690. The average molecular weight is 322 g/mol. The van der Waals surface area contributed by atoms with Gasteiger partial charge in [0.05, 0.1) is 12.5 Å². The van der Waals surface area contributed by atoms with Crippen LogP contribution >= 0.6 is 11.3 Å². The van der Waals surface area contributed by atoms with Gasteiger partial charge in [0.25, 0.3) is 5.91 Å². The molecule has 0 radical (unpaired) electrons. The van der Waals surface area contributed by atoms with E-state index in [4.69, 9.17) is 9.26 Å². The van der Waals surface area contributed by atoms with Gasteiger partial charge >= 0.3 is 0 Å². The summed E-state index contributed by atoms with van der Waals surface area (Å²) in [4.78, 5) is 23.0. The van der Waals surface area contributed by atoms with Crippen LogP contribution in [0.5, 0.6) is 0 Å². The third kappa shape index (κ3) is 3.17. The van der Waals surface area contributed by atoms with Crippen LogP contribution in [-0.4, -0.2) is 46.1 Å². The van der Waals surface area contributed by atoms with Crippen LogP contribution in [0.2, 0.25) is 0 Å². The Morgan fingerprint density at radius 3 is 3.14 bits per heavy atom. The lowest BCUT2D eigenvalue weighted by Crippen LogP contribution is -2.39. The van der Waals surface area contributed by atoms with Crippen LogP contribution in [0.25, 0.3) is 0 Å². The maximum Gasteiger partial charge on any atom is 0.273 e. The maximum absolute atomic E-state index is 12.6. The number of carbonyl (C=O) groups is 1. The van der Waals surface area contributed by atoms with Crippen molar-refractivity contribution in [3.8, 4) is 0 Å². The molecule has 3 rings (SSSR count). The van der Waals surface area contributed by atoms with Crippen molar-refractivity contribution in [1.29, 1.82) is 0 Å². The van der Waals surface area contributed by atoms with Gasteiger partial charge in [-0.25, -0.2) is 4.98 Å². The summed E-state index contributed by atoms with van der Waals surface area (Å²) < 4.78 is 10.3. The summed E-state index contributed by atoms with van der Waals surface area (Å²) in [6.07, 6.45) is 1.88. The molecule has 1 fully saturated rings. The number of likely N-dealkylation sites (tertiary alicyclic amines) is 1. The zero-order valence-corrected chi connectivity index (χ0v) is 13.4. The zero-order chi connectivity index (χ0) is 15.5. The van der Waals surface area contributed by atoms with E-state index in [-0.39, 0.29) is 11.8 Å². The summed E-state index contributed by atoms with van der Waals surface area (Å²) in [6, 6.07) is 0. The van der Waals surface area contributed by atoms with Crippen LogP contribution in [-0.2, 0) is 11.3 Å². The topological polar surface area (TPSA) is 81.4 Å². The number of hydrogen-bond donors (Lipinski definition) is 0. The molecule has 7 nitrogen and oxygen atoms in total. The molecule has 2 aromatic rings. The first-order valence-electron chi connectivity index (χ1n) is 7.20. The normalized spacial score (nSPS) is 18.6. The zero-order valence-electron chi connectivity index (χ0n) is 12.6. The molecule has 3 heterocycles. The molecule has 2 aromatic heterocycles. The van der Waals surface area contributed by atoms with Crippen molar-refractivity contribution in [1.82, 2.24) is 20.0 Å². The average Bonchev–Trinajstić information content (AvgIpc) is 3.16. The van der Waals surface area contributed by atoms with E-state index in [1.54, 1.807) is 19.4 Å². The number of carbonyl (C=O) groups excluding carboxylic acids is 1. The van der Waals surface area contributed by atoms with Crippen molar-refractivity contribution in [2.45, 2.75) is 32.3 Å². The number of hydrogen-bond acceptors (Lipinski definition) is 7. The van der Waals surface area contributed by atoms with Gasteiger partial charge in [-0.1, -0.05) is 5.16 Å². The molecule has 0 unspecified atom stereocenters. The van der Waals surface area contributed by atoms with Crippen LogP contribution in [0.3, 0.4) is 0 Å². The molecule has 0 aromatic carbocycles. The summed E-state index contributed by atoms with van der Waals surface area (Å²) >= 11 is 1.44. The number of rotatable bonds is 4. The highest BCUT2D eigenvalue weighted by Crippen LogP contribution is 2.26. The van der Waals surface area contributed by atoms with Gasteiger partial charge in [0.2, 0.25) is 5.89 Å². The molecule has 118 valence electrons. The maximum atomic E-state index is 12.6.